The topological polar surface area (TPSA) is 149 Å². The van der Waals surface area contributed by atoms with Crippen LogP contribution in [0.25, 0.3) is 0 Å². The predicted molar refractivity (Wildman–Crippen MR) is 94.7 cm³/mol. The van der Waals surface area contributed by atoms with E-state index in [1.54, 1.807) is 31.4 Å². The highest BCUT2D eigenvalue weighted by Crippen LogP contribution is 2.16. The van der Waals surface area contributed by atoms with Crippen LogP contribution in [0.2, 0.25) is 0 Å². The number of hydrogen-bond acceptors (Lipinski definition) is 8. The van der Waals surface area contributed by atoms with Crippen molar-refractivity contribution >= 4 is 29.3 Å². The number of nitrogens with two attached hydrogens (primary N) is 1. The summed E-state index contributed by atoms with van der Waals surface area (Å²) in [6.07, 6.45) is -0.318. The summed E-state index contributed by atoms with van der Waals surface area (Å²) in [5.41, 5.74) is -0.0853. The molecule has 0 aliphatic heterocycles. The molecule has 0 atom stereocenters. The number of nitrogen functional groups attached to an aromatic ring is 1. The Balaban J connectivity index is 1.95. The zero-order valence-electron chi connectivity index (χ0n) is 13.8. The number of nitrogens with one attached hydrogen (secondary N) is 1. The van der Waals surface area contributed by atoms with Gasteiger partial charge in [-0.15, -0.1) is 10.2 Å². The summed E-state index contributed by atoms with van der Waals surface area (Å²) in [7, 11) is 1.55. The van der Waals surface area contributed by atoms with Crippen molar-refractivity contribution in [2.24, 2.45) is 0 Å². The number of carboxylic acids is 1. The number of aromatic nitrogens is 3. The average Bonchev–Trinajstić information content (AvgIpc) is 2.62. The second-order valence-electron chi connectivity index (χ2n) is 5.06. The highest BCUT2D eigenvalue weighted by molar-refractivity contribution is 7.99. The SMILES string of the molecule is COc1ccc(NC(=O)CSc2nnc(CCC(=O)O)c(=O)n2N)cc1. The van der Waals surface area contributed by atoms with Crippen LogP contribution in [-0.2, 0) is 16.0 Å². The number of carbonyl (C=O) groups excluding carboxylic acids is 1. The minimum atomic E-state index is -1.05. The first-order valence-electron chi connectivity index (χ1n) is 7.43. The van der Waals surface area contributed by atoms with E-state index >= 15 is 0 Å². The summed E-state index contributed by atoms with van der Waals surface area (Å²) in [5.74, 6) is 4.91. The maximum Gasteiger partial charge on any atom is 0.303 e. The Morgan fingerprint density at radius 1 is 1.31 bits per heavy atom. The van der Waals surface area contributed by atoms with Crippen molar-refractivity contribution in [3.63, 3.8) is 0 Å². The number of carbonyl (C=O) groups is 2. The smallest absolute Gasteiger partial charge is 0.303 e. The van der Waals surface area contributed by atoms with Crippen LogP contribution >= 0.6 is 11.8 Å². The number of carboxylic acid groups (broad SMARTS) is 1. The molecule has 2 aromatic rings. The van der Waals surface area contributed by atoms with E-state index in [2.05, 4.69) is 15.5 Å². The summed E-state index contributed by atoms with van der Waals surface area (Å²) in [6, 6.07) is 6.80. The summed E-state index contributed by atoms with van der Waals surface area (Å²) in [4.78, 5) is 34.5. The molecule has 0 bridgehead atoms. The molecule has 0 saturated carbocycles. The van der Waals surface area contributed by atoms with E-state index < -0.39 is 11.5 Å². The molecule has 0 spiro atoms. The van der Waals surface area contributed by atoms with Crippen LogP contribution in [0.5, 0.6) is 5.75 Å². The van der Waals surface area contributed by atoms with Gasteiger partial charge in [-0.25, -0.2) is 0 Å². The Hall–Kier alpha value is -3.08. The number of benzene rings is 1. The normalized spacial score (nSPS) is 10.3. The molecule has 1 aromatic carbocycles. The third kappa shape index (κ3) is 5.21. The number of aryl methyl sites for hydroxylation is 1. The Kier molecular flexibility index (Phi) is 6.55. The van der Waals surface area contributed by atoms with Crippen LogP contribution in [0.15, 0.2) is 34.2 Å². The molecule has 1 amide bonds. The zero-order valence-corrected chi connectivity index (χ0v) is 14.7. The predicted octanol–water partition coefficient (Wildman–Crippen LogP) is 0.109. The van der Waals surface area contributed by atoms with E-state index in [-0.39, 0.29) is 35.4 Å². The van der Waals surface area contributed by atoms with Crippen molar-refractivity contribution in [2.75, 3.05) is 24.0 Å². The zero-order chi connectivity index (χ0) is 19.1. The van der Waals surface area contributed by atoms with E-state index in [0.29, 0.717) is 11.4 Å². The molecule has 0 fully saturated rings. The van der Waals surface area contributed by atoms with Gasteiger partial charge in [-0.05, 0) is 24.3 Å². The standard InChI is InChI=1S/C15H17N5O5S/c1-25-10-4-2-9(3-5-10)17-12(21)8-26-15-19-18-11(6-7-13(22)23)14(24)20(15)16/h2-5H,6-8,16H2,1H3,(H,17,21)(H,22,23). The quantitative estimate of drug-likeness (QED) is 0.429. The molecule has 11 heteroatoms. The fourth-order valence-corrected chi connectivity index (χ4v) is 2.56. The van der Waals surface area contributed by atoms with Crippen molar-refractivity contribution in [3.05, 3.63) is 40.3 Å². The first-order valence-corrected chi connectivity index (χ1v) is 8.41. The number of rotatable bonds is 8. The summed E-state index contributed by atoms with van der Waals surface area (Å²) >= 11 is 0.941. The molecular formula is C15H17N5O5S. The van der Waals surface area contributed by atoms with Crippen LogP contribution in [0, 0.1) is 0 Å². The highest BCUT2D eigenvalue weighted by atomic mass is 32.2. The van der Waals surface area contributed by atoms with Gasteiger partial charge in [-0.1, -0.05) is 11.8 Å². The number of methoxy groups -OCH3 is 1. The fourth-order valence-electron chi connectivity index (χ4n) is 1.90. The molecule has 1 aromatic heterocycles. The Bertz CT molecular complexity index is 852. The van der Waals surface area contributed by atoms with E-state index in [4.69, 9.17) is 15.7 Å². The van der Waals surface area contributed by atoms with Gasteiger partial charge in [-0.3, -0.25) is 14.4 Å². The molecule has 0 radical (unpaired) electrons. The maximum atomic E-state index is 12.0. The second-order valence-corrected chi connectivity index (χ2v) is 6.01. The van der Waals surface area contributed by atoms with E-state index in [9.17, 15) is 14.4 Å². The molecule has 0 aliphatic rings. The molecular weight excluding hydrogens is 362 g/mol. The maximum absolute atomic E-state index is 12.0. The third-order valence-corrected chi connectivity index (χ3v) is 4.15. The van der Waals surface area contributed by atoms with Crippen LogP contribution in [0.4, 0.5) is 5.69 Å². The van der Waals surface area contributed by atoms with E-state index in [1.807, 2.05) is 0 Å². The molecule has 4 N–H and O–H groups in total. The van der Waals surface area contributed by atoms with Crippen LogP contribution < -0.4 is 21.5 Å². The molecule has 0 aliphatic carbocycles. The number of thioether (sulfide) groups is 1. The Morgan fingerprint density at radius 2 is 2.00 bits per heavy atom. The van der Waals surface area contributed by atoms with Crippen molar-refractivity contribution < 1.29 is 19.4 Å². The van der Waals surface area contributed by atoms with Crippen LogP contribution in [0.1, 0.15) is 12.1 Å². The highest BCUT2D eigenvalue weighted by Gasteiger charge is 2.13. The van der Waals surface area contributed by atoms with E-state index in [0.717, 1.165) is 16.4 Å². The largest absolute Gasteiger partial charge is 0.497 e. The van der Waals surface area contributed by atoms with Crippen molar-refractivity contribution in [1.29, 1.82) is 0 Å². The van der Waals surface area contributed by atoms with Gasteiger partial charge in [0.1, 0.15) is 11.4 Å². The van der Waals surface area contributed by atoms with Crippen LogP contribution in [0.3, 0.4) is 0 Å². The number of aliphatic carboxylic acids is 1. The number of ether oxygens (including phenoxy) is 1. The Morgan fingerprint density at radius 3 is 2.62 bits per heavy atom. The molecule has 26 heavy (non-hydrogen) atoms. The van der Waals surface area contributed by atoms with Crippen molar-refractivity contribution in [1.82, 2.24) is 14.9 Å². The lowest BCUT2D eigenvalue weighted by Crippen LogP contribution is -2.34. The number of amides is 1. The molecule has 0 unspecified atom stereocenters. The van der Waals surface area contributed by atoms with Crippen LogP contribution in [-0.4, -0.2) is 44.7 Å². The van der Waals surface area contributed by atoms with Gasteiger partial charge in [0.25, 0.3) is 5.56 Å². The van der Waals surface area contributed by atoms with Gasteiger partial charge in [0.15, 0.2) is 0 Å². The van der Waals surface area contributed by atoms with Gasteiger partial charge < -0.3 is 21.0 Å². The van der Waals surface area contributed by atoms with Crippen molar-refractivity contribution in [3.8, 4) is 5.75 Å². The molecule has 0 saturated heterocycles. The van der Waals surface area contributed by atoms with Gasteiger partial charge >= 0.3 is 5.97 Å². The lowest BCUT2D eigenvalue weighted by molar-refractivity contribution is -0.137. The lowest BCUT2D eigenvalue weighted by Gasteiger charge is -2.08. The second kappa shape index (κ2) is 8.85. The number of nitrogens with zero attached hydrogens (tertiary/aromatic N) is 3. The third-order valence-electron chi connectivity index (χ3n) is 3.21. The van der Waals surface area contributed by atoms with Gasteiger partial charge in [0.05, 0.1) is 19.3 Å². The minimum absolute atomic E-state index is 0.0359. The monoisotopic (exact) mass is 379 g/mol. The number of anilines is 1. The molecule has 138 valence electrons. The summed E-state index contributed by atoms with van der Waals surface area (Å²) in [5, 5.41) is 18.9. The van der Waals surface area contributed by atoms with Crippen molar-refractivity contribution in [2.45, 2.75) is 18.0 Å². The van der Waals surface area contributed by atoms with Gasteiger partial charge in [0.2, 0.25) is 11.1 Å². The minimum Gasteiger partial charge on any atom is -0.497 e. The van der Waals surface area contributed by atoms with Gasteiger partial charge in [0, 0.05) is 12.1 Å². The lowest BCUT2D eigenvalue weighted by atomic mass is 10.2. The summed E-state index contributed by atoms with van der Waals surface area (Å²) < 4.78 is 5.79. The molecule has 2 rings (SSSR count). The average molecular weight is 379 g/mol. The fraction of sp³-hybridized carbons (Fsp3) is 0.267. The summed E-state index contributed by atoms with van der Waals surface area (Å²) in [6.45, 7) is 0. The number of hydrogen-bond donors (Lipinski definition) is 3. The van der Waals surface area contributed by atoms with Gasteiger partial charge in [-0.2, -0.15) is 4.68 Å². The Labute approximate surface area is 152 Å². The first-order chi connectivity index (χ1) is 12.4. The van der Waals surface area contributed by atoms with E-state index in [1.165, 1.54) is 0 Å². The molecule has 1 heterocycles. The molecule has 10 nitrogen and oxygen atoms in total. The first kappa shape index (κ1) is 19.2.